The number of hydrogen-bond donors (Lipinski definition) is 0. The minimum Gasteiger partial charge on any atom is -0.208 e. The van der Waals surface area contributed by atoms with E-state index < -0.39 is 0 Å². The lowest BCUT2D eigenvalue weighted by Gasteiger charge is -2.15. The van der Waals surface area contributed by atoms with Crippen LogP contribution in [0.1, 0.15) is 0 Å². The lowest BCUT2D eigenvalue weighted by atomic mass is 9.92. The lowest BCUT2D eigenvalue weighted by Crippen LogP contribution is -2.01. The molecule has 0 spiro atoms. The highest BCUT2D eigenvalue weighted by atomic mass is 32.1. The molecule has 0 saturated carbocycles. The van der Waals surface area contributed by atoms with Gasteiger partial charge in [0.2, 0.25) is 0 Å². The Labute approximate surface area is 276 Å². The van der Waals surface area contributed by atoms with Gasteiger partial charge in [0.05, 0.1) is 0 Å². The van der Waals surface area contributed by atoms with Crippen molar-refractivity contribution in [2.24, 2.45) is 0 Å². The fraction of sp³-hybridized carbons (Fsp3) is 0. The van der Waals surface area contributed by atoms with Crippen molar-refractivity contribution in [2.45, 2.75) is 0 Å². The number of thiophene rings is 1. The fourth-order valence-electron chi connectivity index (χ4n) is 6.45. The van der Waals surface area contributed by atoms with Crippen LogP contribution in [0.5, 0.6) is 0 Å². The molecule has 4 heteroatoms. The summed E-state index contributed by atoms with van der Waals surface area (Å²) in [5.74, 6) is 1.97. The molecule has 47 heavy (non-hydrogen) atoms. The Bertz CT molecular complexity index is 2570. The summed E-state index contributed by atoms with van der Waals surface area (Å²) in [6, 6.07) is 57.5. The Morgan fingerprint density at radius 1 is 0.362 bits per heavy atom. The average molecular weight is 618 g/mol. The highest BCUT2D eigenvalue weighted by Gasteiger charge is 2.21. The van der Waals surface area contributed by atoms with Crippen molar-refractivity contribution in [3.63, 3.8) is 0 Å². The molecule has 0 radical (unpaired) electrons. The minimum absolute atomic E-state index is 0.652. The van der Waals surface area contributed by atoms with E-state index >= 15 is 0 Å². The minimum atomic E-state index is 0.652. The van der Waals surface area contributed by atoms with E-state index in [1.54, 1.807) is 11.3 Å². The van der Waals surface area contributed by atoms with Crippen LogP contribution in [0, 0.1) is 0 Å². The normalized spacial score (nSPS) is 11.4. The molecule has 0 unspecified atom stereocenters. The van der Waals surface area contributed by atoms with Gasteiger partial charge in [-0.05, 0) is 57.3 Å². The van der Waals surface area contributed by atoms with E-state index in [0.717, 1.165) is 33.2 Å². The van der Waals surface area contributed by atoms with E-state index in [9.17, 15) is 0 Å². The first-order chi connectivity index (χ1) is 23.3. The third-order valence-corrected chi connectivity index (χ3v) is 9.86. The van der Waals surface area contributed by atoms with Gasteiger partial charge >= 0.3 is 0 Å². The summed E-state index contributed by atoms with van der Waals surface area (Å²) in [6.07, 6.45) is 0. The van der Waals surface area contributed by atoms with Crippen molar-refractivity contribution in [3.05, 3.63) is 164 Å². The van der Waals surface area contributed by atoms with Crippen LogP contribution in [-0.4, -0.2) is 15.0 Å². The highest BCUT2D eigenvalue weighted by molar-refractivity contribution is 7.26. The topological polar surface area (TPSA) is 38.7 Å². The molecule has 0 bridgehead atoms. The van der Waals surface area contributed by atoms with Crippen molar-refractivity contribution in [3.8, 4) is 56.4 Å². The van der Waals surface area contributed by atoms with Crippen LogP contribution in [0.25, 0.3) is 87.4 Å². The van der Waals surface area contributed by atoms with E-state index in [1.807, 2.05) is 18.2 Å². The molecular formula is C43H27N3S. The smallest absolute Gasteiger partial charge is 0.165 e. The molecule has 7 aromatic carbocycles. The van der Waals surface area contributed by atoms with E-state index in [1.165, 1.54) is 36.7 Å². The third-order valence-electron chi connectivity index (χ3n) is 8.72. The molecule has 0 amide bonds. The number of aromatic nitrogens is 3. The Balaban J connectivity index is 1.35. The van der Waals surface area contributed by atoms with Crippen molar-refractivity contribution in [1.82, 2.24) is 15.0 Å². The first-order valence-electron chi connectivity index (χ1n) is 15.7. The van der Waals surface area contributed by atoms with E-state index in [4.69, 9.17) is 15.0 Å². The largest absolute Gasteiger partial charge is 0.208 e. The molecule has 220 valence electrons. The summed E-state index contributed by atoms with van der Waals surface area (Å²) in [6.45, 7) is 0. The Morgan fingerprint density at radius 2 is 1.00 bits per heavy atom. The first kappa shape index (κ1) is 27.3. The molecule has 0 aliphatic carbocycles. The van der Waals surface area contributed by atoms with Crippen LogP contribution >= 0.6 is 11.3 Å². The van der Waals surface area contributed by atoms with Gasteiger partial charge in [-0.25, -0.2) is 15.0 Å². The number of benzene rings is 7. The molecule has 0 saturated heterocycles. The molecule has 3 nitrogen and oxygen atoms in total. The van der Waals surface area contributed by atoms with Crippen LogP contribution in [0.3, 0.4) is 0 Å². The number of fused-ring (bicyclic) bond motifs is 4. The quantitative estimate of drug-likeness (QED) is 0.193. The molecule has 2 heterocycles. The average Bonchev–Trinajstić information content (AvgIpc) is 3.54. The molecule has 0 aliphatic heterocycles. The number of hydrogen-bond acceptors (Lipinski definition) is 4. The second-order valence-electron chi connectivity index (χ2n) is 11.6. The molecule has 0 atom stereocenters. The predicted octanol–water partition coefficient (Wildman–Crippen LogP) is 11.7. The van der Waals surface area contributed by atoms with Crippen molar-refractivity contribution >= 4 is 42.3 Å². The second-order valence-corrected chi connectivity index (χ2v) is 12.7. The molecule has 0 N–H and O–H groups in total. The standard InChI is InChI=1S/C43H27N3S/c1-3-12-28(13-4-1)32-18-11-19-33(26-32)35-24-25-38-39(36-20-9-10-21-37(36)47-38)40(35)43-45-41(30-15-5-2-6-16-30)44-42(46-43)34-23-22-29-14-7-8-17-31(29)27-34/h1-27H. The molecule has 9 rings (SSSR count). The maximum atomic E-state index is 5.29. The van der Waals surface area contributed by atoms with E-state index in [2.05, 4.69) is 146 Å². The van der Waals surface area contributed by atoms with Gasteiger partial charge in [0, 0.05) is 36.9 Å². The van der Waals surface area contributed by atoms with E-state index in [-0.39, 0.29) is 0 Å². The fourth-order valence-corrected chi connectivity index (χ4v) is 7.56. The van der Waals surface area contributed by atoms with Crippen LogP contribution in [0.15, 0.2) is 164 Å². The maximum Gasteiger partial charge on any atom is 0.165 e. The van der Waals surface area contributed by atoms with Gasteiger partial charge in [0.15, 0.2) is 17.5 Å². The summed E-state index contributed by atoms with van der Waals surface area (Å²) >= 11 is 1.81. The summed E-state index contributed by atoms with van der Waals surface area (Å²) in [7, 11) is 0. The van der Waals surface area contributed by atoms with Crippen LogP contribution in [-0.2, 0) is 0 Å². The van der Waals surface area contributed by atoms with Gasteiger partial charge in [-0.3, -0.25) is 0 Å². The molecule has 9 aromatic rings. The van der Waals surface area contributed by atoms with Crippen molar-refractivity contribution in [2.75, 3.05) is 0 Å². The van der Waals surface area contributed by atoms with E-state index in [0.29, 0.717) is 17.5 Å². The van der Waals surface area contributed by atoms with Gasteiger partial charge in [-0.1, -0.05) is 140 Å². The lowest BCUT2D eigenvalue weighted by molar-refractivity contribution is 1.08. The Morgan fingerprint density at radius 3 is 1.83 bits per heavy atom. The van der Waals surface area contributed by atoms with Crippen LogP contribution < -0.4 is 0 Å². The zero-order valence-corrected chi connectivity index (χ0v) is 26.2. The monoisotopic (exact) mass is 617 g/mol. The SMILES string of the molecule is c1ccc(-c2cccc(-c3ccc4sc5ccccc5c4c3-c3nc(-c4ccccc4)nc(-c4ccc5ccccc5c4)n3)c2)cc1. The summed E-state index contributed by atoms with van der Waals surface area (Å²) in [5.41, 5.74) is 7.49. The van der Waals surface area contributed by atoms with Crippen molar-refractivity contribution in [1.29, 1.82) is 0 Å². The van der Waals surface area contributed by atoms with Crippen LogP contribution in [0.2, 0.25) is 0 Å². The molecular weight excluding hydrogens is 591 g/mol. The van der Waals surface area contributed by atoms with Gasteiger partial charge in [-0.15, -0.1) is 11.3 Å². The van der Waals surface area contributed by atoms with Crippen LogP contribution in [0.4, 0.5) is 0 Å². The third kappa shape index (κ3) is 4.96. The Hall–Kier alpha value is -5.97. The first-order valence-corrected chi connectivity index (χ1v) is 16.5. The maximum absolute atomic E-state index is 5.29. The second kappa shape index (κ2) is 11.4. The molecule has 2 aromatic heterocycles. The predicted molar refractivity (Wildman–Crippen MR) is 197 cm³/mol. The zero-order valence-electron chi connectivity index (χ0n) is 25.3. The van der Waals surface area contributed by atoms with Crippen molar-refractivity contribution < 1.29 is 0 Å². The summed E-state index contributed by atoms with van der Waals surface area (Å²) < 4.78 is 2.45. The molecule has 0 fully saturated rings. The van der Waals surface area contributed by atoms with Gasteiger partial charge in [-0.2, -0.15) is 0 Å². The summed E-state index contributed by atoms with van der Waals surface area (Å²) in [4.78, 5) is 15.6. The van der Waals surface area contributed by atoms with Gasteiger partial charge in [0.25, 0.3) is 0 Å². The zero-order chi connectivity index (χ0) is 31.2. The number of rotatable bonds is 5. The summed E-state index contributed by atoms with van der Waals surface area (Å²) in [5, 5.41) is 4.71. The Kier molecular flexibility index (Phi) is 6.65. The highest BCUT2D eigenvalue weighted by Crippen LogP contribution is 2.45. The van der Waals surface area contributed by atoms with Gasteiger partial charge in [0.1, 0.15) is 0 Å². The number of nitrogens with zero attached hydrogens (tertiary/aromatic N) is 3. The van der Waals surface area contributed by atoms with Gasteiger partial charge < -0.3 is 0 Å². The molecule has 0 aliphatic rings.